The zero-order valence-corrected chi connectivity index (χ0v) is 15.0. The van der Waals surface area contributed by atoms with Crippen LogP contribution in [-0.4, -0.2) is 32.5 Å². The number of benzene rings is 2. The molecule has 0 spiro atoms. The number of hydrogen-bond acceptors (Lipinski definition) is 4. The van der Waals surface area contributed by atoms with Gasteiger partial charge in [0.1, 0.15) is 11.6 Å². The van der Waals surface area contributed by atoms with Crippen LogP contribution in [0.1, 0.15) is 12.8 Å². The van der Waals surface area contributed by atoms with Crippen LogP contribution < -0.4 is 5.32 Å². The fourth-order valence-corrected chi connectivity index (χ4v) is 3.40. The van der Waals surface area contributed by atoms with Crippen LogP contribution in [-0.2, 0) is 4.79 Å². The van der Waals surface area contributed by atoms with Gasteiger partial charge in [-0.2, -0.15) is 0 Å². The van der Waals surface area contributed by atoms with Crippen molar-refractivity contribution in [2.24, 2.45) is 0 Å². The summed E-state index contributed by atoms with van der Waals surface area (Å²) in [6.07, 6.45) is 2.01. The van der Waals surface area contributed by atoms with Gasteiger partial charge in [-0.25, -0.2) is 8.78 Å². The number of aromatic nitrogens is 3. The Morgan fingerprint density at radius 2 is 1.93 bits per heavy atom. The van der Waals surface area contributed by atoms with Gasteiger partial charge in [0.2, 0.25) is 5.91 Å². The van der Waals surface area contributed by atoms with Crippen molar-refractivity contribution >= 4 is 17.7 Å². The summed E-state index contributed by atoms with van der Waals surface area (Å²) in [6.45, 7) is 0. The van der Waals surface area contributed by atoms with Crippen molar-refractivity contribution in [3.05, 3.63) is 60.2 Å². The largest absolute Gasteiger partial charge is 0.353 e. The SMILES string of the molecule is O=C(CSc1nnc(-c2ccccc2)n1-c1ccc(F)cc1F)NC1CC1. The summed E-state index contributed by atoms with van der Waals surface area (Å²) in [4.78, 5) is 12.0. The van der Waals surface area contributed by atoms with E-state index in [0.29, 0.717) is 11.0 Å². The van der Waals surface area contributed by atoms with Crippen LogP contribution in [0.3, 0.4) is 0 Å². The number of thioether (sulfide) groups is 1. The van der Waals surface area contributed by atoms with Gasteiger partial charge in [0.15, 0.2) is 11.0 Å². The number of nitrogens with zero attached hydrogens (tertiary/aromatic N) is 3. The average molecular weight is 386 g/mol. The third-order valence-electron chi connectivity index (χ3n) is 4.09. The Morgan fingerprint density at radius 1 is 1.15 bits per heavy atom. The summed E-state index contributed by atoms with van der Waals surface area (Å²) in [5.74, 6) is -0.921. The van der Waals surface area contributed by atoms with Crippen LogP contribution in [0.15, 0.2) is 53.7 Å². The molecule has 3 aromatic rings. The van der Waals surface area contributed by atoms with Gasteiger partial charge in [0, 0.05) is 17.7 Å². The number of rotatable bonds is 6. The highest BCUT2D eigenvalue weighted by Crippen LogP contribution is 2.29. The molecule has 5 nitrogen and oxygen atoms in total. The van der Waals surface area contributed by atoms with E-state index in [0.717, 1.165) is 24.5 Å². The van der Waals surface area contributed by atoms with Gasteiger partial charge in [-0.3, -0.25) is 9.36 Å². The van der Waals surface area contributed by atoms with E-state index < -0.39 is 11.6 Å². The fraction of sp³-hybridized carbons (Fsp3) is 0.211. The van der Waals surface area contributed by atoms with Crippen molar-refractivity contribution in [3.8, 4) is 17.1 Å². The zero-order chi connectivity index (χ0) is 18.8. The lowest BCUT2D eigenvalue weighted by atomic mass is 10.2. The second-order valence-corrected chi connectivity index (χ2v) is 7.18. The van der Waals surface area contributed by atoms with E-state index in [1.165, 1.54) is 28.5 Å². The maximum absolute atomic E-state index is 14.5. The number of hydrogen-bond donors (Lipinski definition) is 1. The van der Waals surface area contributed by atoms with Crippen LogP contribution >= 0.6 is 11.8 Å². The van der Waals surface area contributed by atoms with Gasteiger partial charge in [0.05, 0.1) is 11.4 Å². The molecule has 0 bridgehead atoms. The van der Waals surface area contributed by atoms with Gasteiger partial charge >= 0.3 is 0 Å². The Hall–Kier alpha value is -2.74. The lowest BCUT2D eigenvalue weighted by molar-refractivity contribution is -0.118. The summed E-state index contributed by atoms with van der Waals surface area (Å²) >= 11 is 1.17. The molecular weight excluding hydrogens is 370 g/mol. The first-order chi connectivity index (χ1) is 13.1. The molecular formula is C19H16F2N4OS. The third kappa shape index (κ3) is 4.00. The second-order valence-electron chi connectivity index (χ2n) is 6.23. The molecule has 1 fully saturated rings. The molecule has 1 amide bonds. The minimum Gasteiger partial charge on any atom is -0.353 e. The van der Waals surface area contributed by atoms with Gasteiger partial charge in [-0.05, 0) is 25.0 Å². The number of nitrogens with one attached hydrogen (secondary N) is 1. The fourth-order valence-electron chi connectivity index (χ4n) is 2.64. The molecule has 0 unspecified atom stereocenters. The molecule has 0 saturated heterocycles. The molecule has 1 aliphatic rings. The average Bonchev–Trinajstić information content (AvgIpc) is 3.37. The molecule has 4 rings (SSSR count). The normalized spacial score (nSPS) is 13.6. The van der Waals surface area contributed by atoms with E-state index in [1.807, 2.05) is 30.3 Å². The molecule has 27 heavy (non-hydrogen) atoms. The first-order valence-electron chi connectivity index (χ1n) is 8.50. The molecule has 0 atom stereocenters. The van der Waals surface area contributed by atoms with Crippen molar-refractivity contribution in [1.29, 1.82) is 0 Å². The maximum Gasteiger partial charge on any atom is 0.230 e. The molecule has 8 heteroatoms. The molecule has 1 N–H and O–H groups in total. The number of carbonyl (C=O) groups is 1. The second kappa shape index (κ2) is 7.48. The number of halogens is 2. The van der Waals surface area contributed by atoms with Crippen molar-refractivity contribution in [2.75, 3.05) is 5.75 Å². The highest BCUT2D eigenvalue weighted by Gasteiger charge is 2.24. The van der Waals surface area contributed by atoms with E-state index >= 15 is 0 Å². The van der Waals surface area contributed by atoms with Crippen LogP contribution in [0.25, 0.3) is 17.1 Å². The first kappa shape index (κ1) is 17.7. The van der Waals surface area contributed by atoms with Gasteiger partial charge in [0.25, 0.3) is 0 Å². The highest BCUT2D eigenvalue weighted by molar-refractivity contribution is 7.99. The molecule has 1 saturated carbocycles. The van der Waals surface area contributed by atoms with E-state index in [1.54, 1.807) is 0 Å². The van der Waals surface area contributed by atoms with E-state index in [2.05, 4.69) is 15.5 Å². The van der Waals surface area contributed by atoms with Gasteiger partial charge < -0.3 is 5.32 Å². The molecule has 138 valence electrons. The Labute approximate surface area is 158 Å². The lowest BCUT2D eigenvalue weighted by Gasteiger charge is -2.11. The van der Waals surface area contributed by atoms with Crippen molar-refractivity contribution in [1.82, 2.24) is 20.1 Å². The summed E-state index contributed by atoms with van der Waals surface area (Å²) in [6, 6.07) is 12.8. The minimum absolute atomic E-state index is 0.0992. The zero-order valence-electron chi connectivity index (χ0n) is 14.2. The van der Waals surface area contributed by atoms with Crippen LogP contribution in [0.5, 0.6) is 0 Å². The Bertz CT molecular complexity index is 973. The highest BCUT2D eigenvalue weighted by atomic mass is 32.2. The summed E-state index contributed by atoms with van der Waals surface area (Å²) < 4.78 is 29.3. The number of carbonyl (C=O) groups excluding carboxylic acids is 1. The van der Waals surface area contributed by atoms with Crippen LogP contribution in [0, 0.1) is 11.6 Å². The van der Waals surface area contributed by atoms with Gasteiger partial charge in [-0.1, -0.05) is 42.1 Å². The summed E-state index contributed by atoms with van der Waals surface area (Å²) in [7, 11) is 0. The maximum atomic E-state index is 14.5. The predicted molar refractivity (Wildman–Crippen MR) is 98.6 cm³/mol. The van der Waals surface area contributed by atoms with Crippen molar-refractivity contribution in [3.63, 3.8) is 0 Å². The standard InChI is InChI=1S/C19H16F2N4OS/c20-13-6-9-16(15(21)10-13)25-18(12-4-2-1-3-5-12)23-24-19(25)27-11-17(26)22-14-7-8-14/h1-6,9-10,14H,7-8,11H2,(H,22,26). The topological polar surface area (TPSA) is 59.8 Å². The third-order valence-corrected chi connectivity index (χ3v) is 5.02. The smallest absolute Gasteiger partial charge is 0.230 e. The van der Waals surface area contributed by atoms with Crippen LogP contribution in [0.2, 0.25) is 0 Å². The molecule has 0 radical (unpaired) electrons. The van der Waals surface area contributed by atoms with Gasteiger partial charge in [-0.15, -0.1) is 10.2 Å². The molecule has 1 aromatic heterocycles. The molecule has 1 heterocycles. The quantitative estimate of drug-likeness (QED) is 0.658. The first-order valence-corrected chi connectivity index (χ1v) is 9.49. The minimum atomic E-state index is -0.726. The van der Waals surface area contributed by atoms with Crippen molar-refractivity contribution < 1.29 is 13.6 Å². The van der Waals surface area contributed by atoms with Crippen LogP contribution in [0.4, 0.5) is 8.78 Å². The monoisotopic (exact) mass is 386 g/mol. The van der Waals surface area contributed by atoms with E-state index in [4.69, 9.17) is 0 Å². The summed E-state index contributed by atoms with van der Waals surface area (Å²) in [5, 5.41) is 11.6. The predicted octanol–water partition coefficient (Wildman–Crippen LogP) is 3.58. The Morgan fingerprint density at radius 3 is 2.63 bits per heavy atom. The summed E-state index contributed by atoms with van der Waals surface area (Å²) in [5.41, 5.74) is 0.869. The Kier molecular flexibility index (Phi) is 4.89. The number of amides is 1. The van der Waals surface area contributed by atoms with Crippen molar-refractivity contribution in [2.45, 2.75) is 24.0 Å². The van der Waals surface area contributed by atoms with E-state index in [-0.39, 0.29) is 23.4 Å². The molecule has 0 aliphatic heterocycles. The Balaban J connectivity index is 1.70. The van der Waals surface area contributed by atoms with E-state index in [9.17, 15) is 13.6 Å². The molecule has 2 aromatic carbocycles. The molecule has 1 aliphatic carbocycles. The lowest BCUT2D eigenvalue weighted by Crippen LogP contribution is -2.27.